The summed E-state index contributed by atoms with van der Waals surface area (Å²) in [5, 5.41) is 5.72. The summed E-state index contributed by atoms with van der Waals surface area (Å²) in [5.74, 6) is 0.718. The van der Waals surface area contributed by atoms with E-state index in [4.69, 9.17) is 4.74 Å². The second-order valence-electron chi connectivity index (χ2n) is 9.56. The van der Waals surface area contributed by atoms with Crippen molar-refractivity contribution in [2.24, 2.45) is 0 Å². The minimum atomic E-state index is -0.171. The van der Waals surface area contributed by atoms with Crippen molar-refractivity contribution in [1.29, 1.82) is 0 Å². The van der Waals surface area contributed by atoms with Gasteiger partial charge in [0.25, 0.3) is 5.91 Å². The summed E-state index contributed by atoms with van der Waals surface area (Å²) in [6.45, 7) is 5.83. The van der Waals surface area contributed by atoms with Crippen molar-refractivity contribution in [3.05, 3.63) is 80.8 Å². The highest BCUT2D eigenvalue weighted by atomic mass is 32.1. The van der Waals surface area contributed by atoms with Gasteiger partial charge in [-0.05, 0) is 56.5 Å². The maximum absolute atomic E-state index is 12.7. The van der Waals surface area contributed by atoms with Crippen molar-refractivity contribution in [3.63, 3.8) is 0 Å². The van der Waals surface area contributed by atoms with Gasteiger partial charge in [-0.25, -0.2) is 4.98 Å². The lowest BCUT2D eigenvalue weighted by atomic mass is 9.97. The number of nitrogens with zero attached hydrogens (tertiary/aromatic N) is 2. The first-order valence-corrected chi connectivity index (χ1v) is 13.5. The van der Waals surface area contributed by atoms with Crippen molar-refractivity contribution >= 4 is 28.9 Å². The van der Waals surface area contributed by atoms with Crippen LogP contribution in [0.1, 0.15) is 74.1 Å². The molecule has 194 valence electrons. The van der Waals surface area contributed by atoms with Crippen LogP contribution in [0.15, 0.2) is 47.8 Å². The summed E-state index contributed by atoms with van der Waals surface area (Å²) in [7, 11) is 1.58. The highest BCUT2D eigenvalue weighted by molar-refractivity contribution is 7.09. The van der Waals surface area contributed by atoms with Gasteiger partial charge in [0.1, 0.15) is 11.4 Å². The first-order valence-electron chi connectivity index (χ1n) is 12.6. The van der Waals surface area contributed by atoms with E-state index < -0.39 is 0 Å². The Morgan fingerprint density at radius 2 is 1.70 bits per heavy atom. The van der Waals surface area contributed by atoms with Crippen molar-refractivity contribution in [3.8, 4) is 5.75 Å². The molecule has 1 fully saturated rings. The summed E-state index contributed by atoms with van der Waals surface area (Å²) >= 11 is 1.51. The zero-order valence-electron chi connectivity index (χ0n) is 21.6. The summed E-state index contributed by atoms with van der Waals surface area (Å²) in [5.41, 5.74) is 4.46. The number of nitrogens with one attached hydrogen (secondary N) is 1. The molecule has 1 aliphatic rings. The van der Waals surface area contributed by atoms with Crippen molar-refractivity contribution < 1.29 is 19.1 Å². The number of carbonyl (C=O) groups excluding carboxylic acids is 3. The Morgan fingerprint density at radius 1 is 1.03 bits per heavy atom. The number of piperidine rings is 1. The maximum atomic E-state index is 12.7. The zero-order chi connectivity index (χ0) is 26.4. The van der Waals surface area contributed by atoms with E-state index in [1.165, 1.54) is 22.5 Å². The van der Waals surface area contributed by atoms with Crippen molar-refractivity contribution in [1.82, 2.24) is 15.2 Å². The van der Waals surface area contributed by atoms with Crippen LogP contribution in [0.25, 0.3) is 0 Å². The van der Waals surface area contributed by atoms with Gasteiger partial charge in [0.15, 0.2) is 5.78 Å². The van der Waals surface area contributed by atoms with E-state index in [0.717, 1.165) is 23.4 Å². The Kier molecular flexibility index (Phi) is 8.71. The molecule has 0 unspecified atom stereocenters. The molecule has 1 N–H and O–H groups in total. The van der Waals surface area contributed by atoms with E-state index in [1.54, 1.807) is 31.4 Å². The molecule has 0 bridgehead atoms. The van der Waals surface area contributed by atoms with Gasteiger partial charge in [-0.2, -0.15) is 0 Å². The van der Waals surface area contributed by atoms with E-state index in [9.17, 15) is 14.4 Å². The Morgan fingerprint density at radius 3 is 2.35 bits per heavy atom. The predicted molar refractivity (Wildman–Crippen MR) is 144 cm³/mol. The van der Waals surface area contributed by atoms with Gasteiger partial charge in [0.05, 0.1) is 12.1 Å². The highest BCUT2D eigenvalue weighted by Crippen LogP contribution is 2.30. The molecule has 8 heteroatoms. The van der Waals surface area contributed by atoms with Crippen LogP contribution < -0.4 is 10.1 Å². The van der Waals surface area contributed by atoms with Gasteiger partial charge in [0.2, 0.25) is 5.91 Å². The Labute approximate surface area is 221 Å². The van der Waals surface area contributed by atoms with Gasteiger partial charge < -0.3 is 15.0 Å². The average Bonchev–Trinajstić information content (AvgIpc) is 3.40. The molecule has 0 spiro atoms. The van der Waals surface area contributed by atoms with Crippen LogP contribution in [0.5, 0.6) is 5.75 Å². The fraction of sp³-hybridized carbons (Fsp3) is 0.379. The second-order valence-corrected chi connectivity index (χ2v) is 10.4. The lowest BCUT2D eigenvalue weighted by Crippen LogP contribution is -2.38. The molecule has 3 aromatic rings. The second kappa shape index (κ2) is 12.1. The van der Waals surface area contributed by atoms with Crippen LogP contribution in [0.2, 0.25) is 0 Å². The number of likely N-dealkylation sites (tertiary alicyclic amines) is 1. The number of ether oxygens (including phenoxy) is 1. The van der Waals surface area contributed by atoms with Crippen LogP contribution in [-0.4, -0.2) is 47.7 Å². The molecule has 4 rings (SSSR count). The molecule has 2 amide bonds. The first-order chi connectivity index (χ1) is 17.8. The number of hydrogen-bond acceptors (Lipinski definition) is 6. The molecule has 0 atom stereocenters. The summed E-state index contributed by atoms with van der Waals surface area (Å²) in [4.78, 5) is 44.2. The molecule has 7 nitrogen and oxygen atoms in total. The van der Waals surface area contributed by atoms with Gasteiger partial charge in [-0.1, -0.05) is 29.3 Å². The molecule has 1 saturated heterocycles. The number of hydrogen-bond donors (Lipinski definition) is 1. The third kappa shape index (κ3) is 7.04. The van der Waals surface area contributed by atoms with Crippen LogP contribution in [0, 0.1) is 13.8 Å². The molecule has 0 aliphatic carbocycles. The fourth-order valence-electron chi connectivity index (χ4n) is 4.70. The van der Waals surface area contributed by atoms with E-state index in [0.29, 0.717) is 36.6 Å². The highest BCUT2D eigenvalue weighted by Gasteiger charge is 2.26. The zero-order valence-corrected chi connectivity index (χ0v) is 22.4. The first kappa shape index (κ1) is 26.5. The van der Waals surface area contributed by atoms with Crippen molar-refractivity contribution in [2.75, 3.05) is 20.2 Å². The maximum Gasteiger partial charge on any atom is 0.271 e. The Balaban J connectivity index is 1.22. The van der Waals surface area contributed by atoms with E-state index in [1.807, 2.05) is 24.1 Å². The lowest BCUT2D eigenvalue weighted by Gasteiger charge is -2.31. The number of aryl methyl sites for hydroxylation is 2. The summed E-state index contributed by atoms with van der Waals surface area (Å²) in [6.07, 6.45) is 2.00. The minimum absolute atomic E-state index is 0.00547. The van der Waals surface area contributed by atoms with Gasteiger partial charge in [-0.15, -0.1) is 11.3 Å². The van der Waals surface area contributed by atoms with Crippen molar-refractivity contribution in [2.45, 2.75) is 52.0 Å². The van der Waals surface area contributed by atoms with E-state index >= 15 is 0 Å². The van der Waals surface area contributed by atoms with Crippen LogP contribution >= 0.6 is 11.3 Å². The fourth-order valence-corrected chi connectivity index (χ4v) is 5.67. The molecule has 2 aromatic carbocycles. The molecule has 2 heterocycles. The van der Waals surface area contributed by atoms with Crippen LogP contribution in [0.4, 0.5) is 0 Å². The SMILES string of the molecule is COc1ccc(C(=O)CCC(=O)N2CCC(c3nc(C(=O)NCc4cc(C)cc(C)c4)cs3)CC2)cc1. The number of aromatic nitrogens is 1. The van der Waals surface area contributed by atoms with E-state index in [2.05, 4.69) is 28.5 Å². The lowest BCUT2D eigenvalue weighted by molar-refractivity contribution is -0.132. The van der Waals surface area contributed by atoms with Crippen LogP contribution in [0.3, 0.4) is 0 Å². The number of carbonyl (C=O) groups is 3. The third-order valence-corrected chi connectivity index (χ3v) is 7.67. The number of rotatable bonds is 9. The summed E-state index contributed by atoms with van der Waals surface area (Å²) in [6, 6.07) is 13.2. The largest absolute Gasteiger partial charge is 0.497 e. The molecule has 1 aliphatic heterocycles. The molecule has 1 aromatic heterocycles. The molecular weight excluding hydrogens is 486 g/mol. The number of thiazole rings is 1. The van der Waals surface area contributed by atoms with Gasteiger partial charge in [-0.3, -0.25) is 14.4 Å². The van der Waals surface area contributed by atoms with Gasteiger partial charge >= 0.3 is 0 Å². The Bertz CT molecular complexity index is 1240. The molecular formula is C29H33N3O4S. The topological polar surface area (TPSA) is 88.6 Å². The molecule has 0 saturated carbocycles. The average molecular weight is 520 g/mol. The smallest absolute Gasteiger partial charge is 0.271 e. The minimum Gasteiger partial charge on any atom is -0.497 e. The number of Topliss-reactive ketones (excluding diaryl/α,β-unsaturated/α-hetero) is 1. The Hall–Kier alpha value is -3.52. The predicted octanol–water partition coefficient (Wildman–Crippen LogP) is 5.07. The number of methoxy groups -OCH3 is 1. The normalized spacial score (nSPS) is 13.9. The molecule has 37 heavy (non-hydrogen) atoms. The molecule has 0 radical (unpaired) electrons. The monoisotopic (exact) mass is 519 g/mol. The standard InChI is InChI=1S/C29H33N3O4S/c1-19-14-20(2)16-21(15-19)17-30-28(35)25-18-37-29(31-25)23-10-12-32(13-11-23)27(34)9-8-26(33)22-4-6-24(36-3)7-5-22/h4-7,14-16,18,23H,8-13,17H2,1-3H3,(H,30,35). The summed E-state index contributed by atoms with van der Waals surface area (Å²) < 4.78 is 5.12. The van der Waals surface area contributed by atoms with Crippen LogP contribution in [-0.2, 0) is 11.3 Å². The number of ketones is 1. The number of amides is 2. The quantitative estimate of drug-likeness (QED) is 0.399. The number of benzene rings is 2. The van der Waals surface area contributed by atoms with Gasteiger partial charge in [0, 0.05) is 49.3 Å². The van der Waals surface area contributed by atoms with E-state index in [-0.39, 0.29) is 36.4 Å². The third-order valence-electron chi connectivity index (χ3n) is 6.66.